The maximum absolute atomic E-state index is 11.9. The summed E-state index contributed by atoms with van der Waals surface area (Å²) in [6.45, 7) is 1.91. The molecule has 98 valence electrons. The van der Waals surface area contributed by atoms with Crippen molar-refractivity contribution < 1.29 is 9.90 Å². The number of carbonyl (C=O) groups is 1. The summed E-state index contributed by atoms with van der Waals surface area (Å²) in [5, 5.41) is 12.4. The zero-order valence-electron chi connectivity index (χ0n) is 10.7. The molecule has 1 aliphatic carbocycles. The monoisotopic (exact) mass is 248 g/mol. The SMILES string of the molecule is Cc1ccc(O)c(NC(=O)CC2(N)CCCC2)c1. The largest absolute Gasteiger partial charge is 0.506 e. The molecule has 2 rings (SSSR count). The molecule has 0 heterocycles. The van der Waals surface area contributed by atoms with Crippen molar-refractivity contribution in [1.82, 2.24) is 0 Å². The summed E-state index contributed by atoms with van der Waals surface area (Å²) in [5.74, 6) is -0.0354. The second-order valence-corrected chi connectivity index (χ2v) is 5.32. The fourth-order valence-electron chi connectivity index (χ4n) is 2.52. The summed E-state index contributed by atoms with van der Waals surface area (Å²) >= 11 is 0. The van der Waals surface area contributed by atoms with Crippen molar-refractivity contribution in [3.8, 4) is 5.75 Å². The number of hydrogen-bond acceptors (Lipinski definition) is 3. The van der Waals surface area contributed by atoms with Gasteiger partial charge in [0, 0.05) is 12.0 Å². The lowest BCUT2D eigenvalue weighted by Gasteiger charge is -2.22. The smallest absolute Gasteiger partial charge is 0.226 e. The number of aromatic hydroxyl groups is 1. The van der Waals surface area contributed by atoms with E-state index in [1.165, 1.54) is 0 Å². The van der Waals surface area contributed by atoms with Crippen LogP contribution in [0, 0.1) is 6.92 Å². The number of phenolic OH excluding ortho intramolecular Hbond substituents is 1. The maximum atomic E-state index is 11.9. The molecule has 0 aliphatic heterocycles. The minimum absolute atomic E-state index is 0.0893. The standard InChI is InChI=1S/C14H20N2O2/c1-10-4-5-12(17)11(8-10)16-13(18)9-14(15)6-2-3-7-14/h4-5,8,17H,2-3,6-7,9,15H2,1H3,(H,16,18). The molecule has 1 aliphatic rings. The number of rotatable bonds is 3. The van der Waals surface area contributed by atoms with Crippen LogP contribution in [0.5, 0.6) is 5.75 Å². The van der Waals surface area contributed by atoms with Gasteiger partial charge in [0.15, 0.2) is 0 Å². The van der Waals surface area contributed by atoms with E-state index >= 15 is 0 Å². The summed E-state index contributed by atoms with van der Waals surface area (Å²) in [4.78, 5) is 11.9. The van der Waals surface area contributed by atoms with Crippen LogP contribution < -0.4 is 11.1 Å². The number of anilines is 1. The van der Waals surface area contributed by atoms with Crippen LogP contribution in [0.1, 0.15) is 37.7 Å². The Balaban J connectivity index is 2.00. The van der Waals surface area contributed by atoms with Gasteiger partial charge in [0.1, 0.15) is 5.75 Å². The van der Waals surface area contributed by atoms with E-state index in [9.17, 15) is 9.90 Å². The van der Waals surface area contributed by atoms with Crippen LogP contribution in [0.3, 0.4) is 0 Å². The summed E-state index contributed by atoms with van der Waals surface area (Å²) in [5.41, 5.74) is 7.25. The average Bonchev–Trinajstić information content (AvgIpc) is 2.70. The van der Waals surface area contributed by atoms with Crippen LogP contribution in [-0.4, -0.2) is 16.6 Å². The molecule has 4 nitrogen and oxygen atoms in total. The number of nitrogens with one attached hydrogen (secondary N) is 1. The molecule has 0 spiro atoms. The molecule has 4 heteroatoms. The molecule has 1 aromatic rings. The van der Waals surface area contributed by atoms with Gasteiger partial charge in [-0.3, -0.25) is 4.79 Å². The quantitative estimate of drug-likeness (QED) is 0.718. The van der Waals surface area contributed by atoms with Gasteiger partial charge in [-0.1, -0.05) is 18.9 Å². The van der Waals surface area contributed by atoms with Crippen molar-refractivity contribution in [3.05, 3.63) is 23.8 Å². The van der Waals surface area contributed by atoms with E-state index in [0.29, 0.717) is 12.1 Å². The highest BCUT2D eigenvalue weighted by Gasteiger charge is 2.31. The number of carbonyl (C=O) groups excluding carboxylic acids is 1. The molecule has 0 aromatic heterocycles. The third-order valence-corrected chi connectivity index (χ3v) is 3.54. The van der Waals surface area contributed by atoms with E-state index in [4.69, 9.17) is 5.73 Å². The van der Waals surface area contributed by atoms with E-state index in [-0.39, 0.29) is 17.2 Å². The van der Waals surface area contributed by atoms with E-state index in [1.807, 2.05) is 6.92 Å². The predicted molar refractivity (Wildman–Crippen MR) is 71.5 cm³/mol. The Bertz CT molecular complexity index is 451. The number of benzene rings is 1. The zero-order chi connectivity index (χ0) is 13.2. The molecular formula is C14H20N2O2. The van der Waals surface area contributed by atoms with Gasteiger partial charge in [-0.25, -0.2) is 0 Å². The molecule has 0 bridgehead atoms. The van der Waals surface area contributed by atoms with E-state index < -0.39 is 0 Å². The molecule has 1 amide bonds. The van der Waals surface area contributed by atoms with Crippen LogP contribution in [0.4, 0.5) is 5.69 Å². The Kier molecular flexibility index (Phi) is 3.57. The van der Waals surface area contributed by atoms with Gasteiger partial charge in [0.25, 0.3) is 0 Å². The van der Waals surface area contributed by atoms with Crippen LogP contribution >= 0.6 is 0 Å². The molecule has 18 heavy (non-hydrogen) atoms. The van der Waals surface area contributed by atoms with Crippen molar-refractivity contribution in [3.63, 3.8) is 0 Å². The van der Waals surface area contributed by atoms with Crippen molar-refractivity contribution in [2.24, 2.45) is 5.73 Å². The Morgan fingerprint density at radius 2 is 2.11 bits per heavy atom. The van der Waals surface area contributed by atoms with Crippen LogP contribution in [-0.2, 0) is 4.79 Å². The first kappa shape index (κ1) is 12.9. The number of phenols is 1. The number of amides is 1. The fourth-order valence-corrected chi connectivity index (χ4v) is 2.52. The molecule has 1 saturated carbocycles. The normalized spacial score (nSPS) is 17.7. The Morgan fingerprint density at radius 1 is 1.44 bits per heavy atom. The topological polar surface area (TPSA) is 75.3 Å². The maximum Gasteiger partial charge on any atom is 0.226 e. The summed E-state index contributed by atoms with van der Waals surface area (Å²) in [6, 6.07) is 5.14. The highest BCUT2D eigenvalue weighted by Crippen LogP contribution is 2.31. The van der Waals surface area contributed by atoms with Gasteiger partial charge in [-0.05, 0) is 37.5 Å². The Labute approximate surface area is 107 Å². The highest BCUT2D eigenvalue weighted by molar-refractivity contribution is 5.93. The molecule has 0 radical (unpaired) electrons. The molecule has 4 N–H and O–H groups in total. The van der Waals surface area contributed by atoms with E-state index in [1.54, 1.807) is 18.2 Å². The zero-order valence-corrected chi connectivity index (χ0v) is 10.7. The van der Waals surface area contributed by atoms with Crippen molar-refractivity contribution in [1.29, 1.82) is 0 Å². The minimum Gasteiger partial charge on any atom is -0.506 e. The van der Waals surface area contributed by atoms with Gasteiger partial charge in [-0.15, -0.1) is 0 Å². The van der Waals surface area contributed by atoms with Gasteiger partial charge < -0.3 is 16.2 Å². The summed E-state index contributed by atoms with van der Waals surface area (Å²) in [7, 11) is 0. The van der Waals surface area contributed by atoms with Gasteiger partial charge in [0.05, 0.1) is 5.69 Å². The molecule has 0 atom stereocenters. The molecule has 1 fully saturated rings. The number of hydrogen-bond donors (Lipinski definition) is 3. The van der Waals surface area contributed by atoms with Crippen molar-refractivity contribution in [2.75, 3.05) is 5.32 Å². The lowest BCUT2D eigenvalue weighted by Crippen LogP contribution is -2.40. The Hall–Kier alpha value is -1.55. The van der Waals surface area contributed by atoms with Crippen LogP contribution in [0.25, 0.3) is 0 Å². The summed E-state index contributed by atoms with van der Waals surface area (Å²) < 4.78 is 0. The van der Waals surface area contributed by atoms with Gasteiger partial charge >= 0.3 is 0 Å². The van der Waals surface area contributed by atoms with Crippen molar-refractivity contribution in [2.45, 2.75) is 44.6 Å². The second kappa shape index (κ2) is 4.98. The van der Waals surface area contributed by atoms with Crippen LogP contribution in [0.15, 0.2) is 18.2 Å². The first-order chi connectivity index (χ1) is 8.48. The third kappa shape index (κ3) is 3.01. The van der Waals surface area contributed by atoms with Crippen LogP contribution in [0.2, 0.25) is 0 Å². The fraction of sp³-hybridized carbons (Fsp3) is 0.500. The second-order valence-electron chi connectivity index (χ2n) is 5.32. The first-order valence-corrected chi connectivity index (χ1v) is 6.37. The van der Waals surface area contributed by atoms with E-state index in [2.05, 4.69) is 5.32 Å². The molecular weight excluding hydrogens is 228 g/mol. The molecule has 0 unspecified atom stereocenters. The first-order valence-electron chi connectivity index (χ1n) is 6.37. The lowest BCUT2D eigenvalue weighted by molar-refractivity contribution is -0.117. The molecule has 1 aromatic carbocycles. The third-order valence-electron chi connectivity index (χ3n) is 3.54. The minimum atomic E-state index is -0.358. The predicted octanol–water partition coefficient (Wildman–Crippen LogP) is 2.30. The average molecular weight is 248 g/mol. The van der Waals surface area contributed by atoms with Gasteiger partial charge in [0.2, 0.25) is 5.91 Å². The highest BCUT2D eigenvalue weighted by atomic mass is 16.3. The number of nitrogens with two attached hydrogens (primary N) is 1. The lowest BCUT2D eigenvalue weighted by atomic mass is 9.94. The molecule has 0 saturated heterocycles. The Morgan fingerprint density at radius 3 is 2.78 bits per heavy atom. The summed E-state index contributed by atoms with van der Waals surface area (Å²) in [6.07, 6.45) is 4.32. The van der Waals surface area contributed by atoms with Crippen molar-refractivity contribution >= 4 is 11.6 Å². The van der Waals surface area contributed by atoms with E-state index in [0.717, 1.165) is 31.2 Å². The van der Waals surface area contributed by atoms with Gasteiger partial charge in [-0.2, -0.15) is 0 Å². The number of aryl methyl sites for hydroxylation is 1.